The van der Waals surface area contributed by atoms with Crippen molar-refractivity contribution in [2.24, 2.45) is 11.8 Å². The molecule has 6 heteroatoms. The van der Waals surface area contributed by atoms with Gasteiger partial charge in [-0.3, -0.25) is 0 Å². The second-order valence-electron chi connectivity index (χ2n) is 11.1. The Labute approximate surface area is 197 Å². The Balaban J connectivity index is 1.00. The molecule has 2 saturated heterocycles. The lowest BCUT2D eigenvalue weighted by atomic mass is 9.72. The van der Waals surface area contributed by atoms with Gasteiger partial charge in [-0.2, -0.15) is 0 Å². The highest BCUT2D eigenvalue weighted by atomic mass is 16.6. The Hall–Kier alpha value is -1.63. The lowest BCUT2D eigenvalue weighted by Crippen LogP contribution is -2.32. The smallest absolute Gasteiger partial charge is 0.338 e. The summed E-state index contributed by atoms with van der Waals surface area (Å²) < 4.78 is 28.4. The molecule has 6 nitrogen and oxygen atoms in total. The average Bonchev–Trinajstić information content (AvgIpc) is 3.76. The zero-order valence-electron chi connectivity index (χ0n) is 20.1. The quantitative estimate of drug-likeness (QED) is 0.386. The van der Waals surface area contributed by atoms with Gasteiger partial charge in [-0.05, 0) is 101 Å². The molecule has 1 aromatic rings. The summed E-state index contributed by atoms with van der Waals surface area (Å²) in [6.45, 7) is 7.00. The van der Waals surface area contributed by atoms with E-state index in [1.54, 1.807) is 12.1 Å². The fourth-order valence-corrected chi connectivity index (χ4v) is 5.25. The number of benzene rings is 1. The maximum absolute atomic E-state index is 12.6. The van der Waals surface area contributed by atoms with Crippen molar-refractivity contribution in [3.8, 4) is 5.75 Å². The predicted molar refractivity (Wildman–Crippen MR) is 124 cm³/mol. The summed E-state index contributed by atoms with van der Waals surface area (Å²) in [7, 11) is 0. The van der Waals surface area contributed by atoms with E-state index in [-0.39, 0.29) is 23.3 Å². The molecule has 0 aromatic heterocycles. The van der Waals surface area contributed by atoms with Crippen LogP contribution >= 0.6 is 0 Å². The van der Waals surface area contributed by atoms with Gasteiger partial charge in [0, 0.05) is 0 Å². The van der Waals surface area contributed by atoms with Crippen molar-refractivity contribution in [1.82, 2.24) is 0 Å². The van der Waals surface area contributed by atoms with Crippen LogP contribution in [0.2, 0.25) is 0 Å². The molecule has 2 aliphatic carbocycles. The van der Waals surface area contributed by atoms with Crippen molar-refractivity contribution in [3.63, 3.8) is 0 Å². The molecule has 0 radical (unpaired) electrons. The van der Waals surface area contributed by atoms with Crippen LogP contribution < -0.4 is 4.74 Å². The van der Waals surface area contributed by atoms with Gasteiger partial charge in [-0.15, -0.1) is 0 Å². The van der Waals surface area contributed by atoms with Gasteiger partial charge in [-0.25, -0.2) is 4.79 Å². The first-order valence-corrected chi connectivity index (χ1v) is 12.7. The van der Waals surface area contributed by atoms with Crippen LogP contribution in [0.4, 0.5) is 0 Å². The number of carbonyl (C=O) groups excluding carboxylic acids is 1. The standard InChI is InChI=1S/C27H38O6/c1-26(17-31-26)15-29-22-9-3-19(4-10-22)20-5-13-24(14-6-20)33-25(28)21-7-11-23(12-8-21)30-16-27(2)18-32-27/h7-8,11-12,19-20,22,24H,3-6,9-10,13-18H2,1-2H3. The van der Waals surface area contributed by atoms with E-state index in [0.717, 1.165) is 63.1 Å². The fourth-order valence-electron chi connectivity index (χ4n) is 5.25. The van der Waals surface area contributed by atoms with Gasteiger partial charge in [-0.1, -0.05) is 0 Å². The maximum atomic E-state index is 12.6. The fraction of sp³-hybridized carbons (Fsp3) is 0.741. The van der Waals surface area contributed by atoms with Crippen LogP contribution in [0.1, 0.15) is 75.6 Å². The van der Waals surface area contributed by atoms with E-state index < -0.39 is 0 Å². The van der Waals surface area contributed by atoms with Gasteiger partial charge in [0.2, 0.25) is 0 Å². The monoisotopic (exact) mass is 458 g/mol. The Kier molecular flexibility index (Phi) is 6.69. The first kappa shape index (κ1) is 23.1. The zero-order valence-corrected chi connectivity index (χ0v) is 20.1. The lowest BCUT2D eigenvalue weighted by Gasteiger charge is -2.37. The summed E-state index contributed by atoms with van der Waals surface area (Å²) >= 11 is 0. The third kappa shape index (κ3) is 6.28. The van der Waals surface area contributed by atoms with Crippen molar-refractivity contribution >= 4 is 5.97 Å². The Morgan fingerprint density at radius 2 is 1.33 bits per heavy atom. The van der Waals surface area contributed by atoms with Crippen LogP contribution in [0.3, 0.4) is 0 Å². The summed E-state index contributed by atoms with van der Waals surface area (Å²) in [5.74, 6) is 2.08. The van der Waals surface area contributed by atoms with Crippen LogP contribution in [0.25, 0.3) is 0 Å². The van der Waals surface area contributed by atoms with Gasteiger partial charge >= 0.3 is 5.97 Å². The minimum absolute atomic E-state index is 0.00749. The second kappa shape index (κ2) is 9.55. The molecule has 5 rings (SSSR count). The summed E-state index contributed by atoms with van der Waals surface area (Å²) in [4.78, 5) is 12.6. The average molecular weight is 459 g/mol. The predicted octanol–water partition coefficient (Wildman–Crippen LogP) is 4.93. The third-order valence-corrected chi connectivity index (χ3v) is 7.91. The second-order valence-corrected chi connectivity index (χ2v) is 11.1. The van der Waals surface area contributed by atoms with Crippen LogP contribution in [-0.4, -0.2) is 55.8 Å². The molecule has 2 heterocycles. The minimum atomic E-state index is -0.228. The maximum Gasteiger partial charge on any atom is 0.338 e. The van der Waals surface area contributed by atoms with Gasteiger partial charge in [0.1, 0.15) is 29.7 Å². The number of hydrogen-bond donors (Lipinski definition) is 0. The first-order valence-electron chi connectivity index (χ1n) is 12.7. The molecule has 4 aliphatic rings. The van der Waals surface area contributed by atoms with Crippen LogP contribution in [-0.2, 0) is 18.9 Å². The normalized spacial score (nSPS) is 37.9. The summed E-state index contributed by atoms with van der Waals surface area (Å²) in [5.41, 5.74) is 0.433. The van der Waals surface area contributed by atoms with E-state index >= 15 is 0 Å². The van der Waals surface area contributed by atoms with Crippen LogP contribution in [0.5, 0.6) is 5.75 Å². The minimum Gasteiger partial charge on any atom is -0.491 e. The summed E-state index contributed by atoms with van der Waals surface area (Å²) in [5, 5.41) is 0. The summed E-state index contributed by atoms with van der Waals surface area (Å²) in [6, 6.07) is 7.24. The van der Waals surface area contributed by atoms with Crippen molar-refractivity contribution < 1.29 is 28.5 Å². The highest BCUT2D eigenvalue weighted by Gasteiger charge is 2.41. The molecule has 1 aromatic carbocycles. The van der Waals surface area contributed by atoms with Gasteiger partial charge in [0.05, 0.1) is 31.5 Å². The molecule has 182 valence electrons. The topological polar surface area (TPSA) is 69.8 Å². The number of hydrogen-bond acceptors (Lipinski definition) is 6. The molecule has 33 heavy (non-hydrogen) atoms. The molecule has 2 saturated carbocycles. The Morgan fingerprint density at radius 1 is 0.818 bits per heavy atom. The van der Waals surface area contributed by atoms with Crippen molar-refractivity contribution in [3.05, 3.63) is 29.8 Å². The van der Waals surface area contributed by atoms with E-state index in [2.05, 4.69) is 6.92 Å². The van der Waals surface area contributed by atoms with E-state index in [1.807, 2.05) is 19.1 Å². The molecular formula is C27H38O6. The Morgan fingerprint density at radius 3 is 1.88 bits per heavy atom. The first-order chi connectivity index (χ1) is 15.9. The largest absolute Gasteiger partial charge is 0.491 e. The molecule has 0 amide bonds. The van der Waals surface area contributed by atoms with E-state index in [9.17, 15) is 4.79 Å². The SMILES string of the molecule is CC1(COc2ccc(C(=O)OC3CCC(C4CCC(OCC5(C)CO5)CC4)CC3)cc2)CO1. The molecule has 2 atom stereocenters. The van der Waals surface area contributed by atoms with Crippen LogP contribution in [0.15, 0.2) is 24.3 Å². The third-order valence-electron chi connectivity index (χ3n) is 7.91. The highest BCUT2D eigenvalue weighted by molar-refractivity contribution is 5.89. The van der Waals surface area contributed by atoms with Gasteiger partial charge in [0.25, 0.3) is 0 Å². The van der Waals surface area contributed by atoms with E-state index in [4.69, 9.17) is 23.7 Å². The summed E-state index contributed by atoms with van der Waals surface area (Å²) in [6.07, 6.45) is 9.57. The Bertz CT molecular complexity index is 796. The number of epoxide rings is 2. The van der Waals surface area contributed by atoms with E-state index in [1.165, 1.54) is 25.7 Å². The molecule has 0 N–H and O–H groups in total. The van der Waals surface area contributed by atoms with Crippen molar-refractivity contribution in [1.29, 1.82) is 0 Å². The van der Waals surface area contributed by atoms with E-state index in [0.29, 0.717) is 18.3 Å². The molecule has 0 spiro atoms. The number of carbonyl (C=O) groups is 1. The molecular weight excluding hydrogens is 420 g/mol. The molecule has 2 aliphatic heterocycles. The van der Waals surface area contributed by atoms with Crippen molar-refractivity contribution in [2.75, 3.05) is 26.4 Å². The number of ether oxygens (including phenoxy) is 5. The van der Waals surface area contributed by atoms with Crippen molar-refractivity contribution in [2.45, 2.75) is 88.6 Å². The number of esters is 1. The zero-order chi connectivity index (χ0) is 22.9. The molecule has 4 fully saturated rings. The number of rotatable bonds is 9. The molecule has 2 unspecified atom stereocenters. The lowest BCUT2D eigenvalue weighted by molar-refractivity contribution is -0.0187. The highest BCUT2D eigenvalue weighted by Crippen LogP contribution is 2.40. The molecule has 0 bridgehead atoms. The van der Waals surface area contributed by atoms with Gasteiger partial charge < -0.3 is 23.7 Å². The van der Waals surface area contributed by atoms with Crippen LogP contribution in [0, 0.1) is 11.8 Å². The van der Waals surface area contributed by atoms with Gasteiger partial charge in [0.15, 0.2) is 0 Å².